The van der Waals surface area contributed by atoms with E-state index in [9.17, 15) is 4.39 Å². The lowest BCUT2D eigenvalue weighted by Gasteiger charge is -2.01. The molecule has 0 aliphatic carbocycles. The predicted octanol–water partition coefficient (Wildman–Crippen LogP) is 3.82. The minimum absolute atomic E-state index is 0.244. The number of hydrogen-bond donors (Lipinski definition) is 1. The third kappa shape index (κ3) is 3.50. The van der Waals surface area contributed by atoms with Gasteiger partial charge in [0.05, 0.1) is 17.1 Å². The first-order valence-corrected chi connectivity index (χ1v) is 7.13. The Kier molecular flexibility index (Phi) is 4.46. The van der Waals surface area contributed by atoms with Gasteiger partial charge in [-0.25, -0.2) is 4.39 Å². The van der Waals surface area contributed by atoms with Gasteiger partial charge in [-0.3, -0.25) is 0 Å². The molecule has 1 N–H and O–H groups in total. The zero-order valence-corrected chi connectivity index (χ0v) is 12.3. The van der Waals surface area contributed by atoms with E-state index >= 15 is 0 Å². The van der Waals surface area contributed by atoms with Crippen LogP contribution in [0, 0.1) is 5.82 Å². The van der Waals surface area contributed by atoms with Gasteiger partial charge in [0.1, 0.15) is 5.82 Å². The van der Waals surface area contributed by atoms with E-state index in [1.165, 1.54) is 12.1 Å². The van der Waals surface area contributed by atoms with Gasteiger partial charge in [0.2, 0.25) is 0 Å². The monoisotopic (exact) mass is 317 g/mol. The van der Waals surface area contributed by atoms with Crippen molar-refractivity contribution in [3.63, 3.8) is 0 Å². The van der Waals surface area contributed by atoms with Crippen LogP contribution in [0.25, 0.3) is 11.5 Å². The fraction of sp³-hybridized carbons (Fsp3) is 0.125. The molecule has 6 heteroatoms. The van der Waals surface area contributed by atoms with Gasteiger partial charge in [-0.2, -0.15) is 4.98 Å². The highest BCUT2D eigenvalue weighted by atomic mass is 35.5. The van der Waals surface area contributed by atoms with Crippen LogP contribution in [0.1, 0.15) is 11.4 Å². The van der Waals surface area contributed by atoms with Gasteiger partial charge in [-0.05, 0) is 29.8 Å². The van der Waals surface area contributed by atoms with E-state index in [1.807, 2.05) is 18.2 Å². The largest absolute Gasteiger partial charge is 0.334 e. The van der Waals surface area contributed by atoms with Gasteiger partial charge in [-0.15, -0.1) is 0 Å². The number of benzene rings is 2. The lowest BCUT2D eigenvalue weighted by Crippen LogP contribution is -2.13. The van der Waals surface area contributed by atoms with Crippen molar-refractivity contribution in [2.45, 2.75) is 13.1 Å². The van der Waals surface area contributed by atoms with E-state index < -0.39 is 0 Å². The molecule has 0 unspecified atom stereocenters. The summed E-state index contributed by atoms with van der Waals surface area (Å²) in [6.45, 7) is 1.04. The Morgan fingerprint density at radius 1 is 1.05 bits per heavy atom. The molecule has 4 nitrogen and oxygen atoms in total. The van der Waals surface area contributed by atoms with Gasteiger partial charge in [0.15, 0.2) is 5.82 Å². The Morgan fingerprint density at radius 3 is 2.59 bits per heavy atom. The summed E-state index contributed by atoms with van der Waals surface area (Å²) in [5.74, 6) is 0.688. The Bertz CT molecular complexity index is 758. The van der Waals surface area contributed by atoms with Crippen molar-refractivity contribution in [3.05, 3.63) is 70.8 Å². The number of hydrogen-bond acceptors (Lipinski definition) is 4. The highest BCUT2D eigenvalue weighted by Crippen LogP contribution is 2.25. The topological polar surface area (TPSA) is 51.0 Å². The van der Waals surface area contributed by atoms with Crippen LogP contribution in [0.15, 0.2) is 53.1 Å². The molecule has 1 heterocycles. The Morgan fingerprint density at radius 2 is 1.82 bits per heavy atom. The minimum Gasteiger partial charge on any atom is -0.334 e. The van der Waals surface area contributed by atoms with Crippen molar-refractivity contribution in [2.75, 3.05) is 0 Å². The molecule has 3 aromatic rings. The summed E-state index contributed by atoms with van der Waals surface area (Å²) in [5.41, 5.74) is 1.69. The lowest BCUT2D eigenvalue weighted by molar-refractivity contribution is 0.419. The maximum absolute atomic E-state index is 12.8. The van der Waals surface area contributed by atoms with Crippen LogP contribution < -0.4 is 5.32 Å². The average Bonchev–Trinajstić information content (AvgIpc) is 2.98. The Balaban J connectivity index is 1.60. The molecule has 22 heavy (non-hydrogen) atoms. The summed E-state index contributed by atoms with van der Waals surface area (Å²) >= 11 is 6.09. The van der Waals surface area contributed by atoms with Crippen molar-refractivity contribution >= 4 is 11.6 Å². The zero-order chi connectivity index (χ0) is 15.4. The van der Waals surface area contributed by atoms with Crippen molar-refractivity contribution in [2.24, 2.45) is 0 Å². The Labute approximate surface area is 131 Å². The molecule has 0 aliphatic rings. The second-order valence-electron chi connectivity index (χ2n) is 4.73. The molecule has 3 rings (SSSR count). The molecular formula is C16H13ClFN3O. The molecule has 0 fully saturated rings. The third-order valence-corrected chi connectivity index (χ3v) is 3.43. The first-order chi connectivity index (χ1) is 10.7. The maximum atomic E-state index is 12.8. The first kappa shape index (κ1) is 14.7. The SMILES string of the molecule is Fc1ccc(CNCc2noc(-c3ccccc3Cl)n2)cc1. The lowest BCUT2D eigenvalue weighted by atomic mass is 10.2. The predicted molar refractivity (Wildman–Crippen MR) is 81.7 cm³/mol. The normalized spacial score (nSPS) is 10.8. The number of nitrogens with one attached hydrogen (secondary N) is 1. The number of aromatic nitrogens is 2. The molecule has 0 amide bonds. The first-order valence-electron chi connectivity index (χ1n) is 6.75. The molecule has 0 aliphatic heterocycles. The van der Waals surface area contributed by atoms with Crippen molar-refractivity contribution in [1.29, 1.82) is 0 Å². The van der Waals surface area contributed by atoms with Crippen LogP contribution in [-0.4, -0.2) is 10.1 Å². The summed E-state index contributed by atoms with van der Waals surface area (Å²) < 4.78 is 18.0. The molecule has 0 atom stereocenters. The van der Waals surface area contributed by atoms with Gasteiger partial charge < -0.3 is 9.84 Å². The van der Waals surface area contributed by atoms with Crippen molar-refractivity contribution in [3.8, 4) is 11.5 Å². The fourth-order valence-electron chi connectivity index (χ4n) is 1.99. The van der Waals surface area contributed by atoms with E-state index in [-0.39, 0.29) is 5.82 Å². The van der Waals surface area contributed by atoms with Gasteiger partial charge in [0.25, 0.3) is 5.89 Å². The fourth-order valence-corrected chi connectivity index (χ4v) is 2.21. The van der Waals surface area contributed by atoms with Crippen LogP contribution in [0.2, 0.25) is 5.02 Å². The quantitative estimate of drug-likeness (QED) is 0.777. The van der Waals surface area contributed by atoms with E-state index in [2.05, 4.69) is 15.5 Å². The summed E-state index contributed by atoms with van der Waals surface area (Å²) in [7, 11) is 0. The van der Waals surface area contributed by atoms with E-state index in [0.717, 1.165) is 5.56 Å². The zero-order valence-electron chi connectivity index (χ0n) is 11.6. The average molecular weight is 318 g/mol. The summed E-state index contributed by atoms with van der Waals surface area (Å²) in [5, 5.41) is 7.65. The summed E-state index contributed by atoms with van der Waals surface area (Å²) in [6, 6.07) is 13.6. The van der Waals surface area contributed by atoms with Crippen LogP contribution in [0.4, 0.5) is 4.39 Å². The molecule has 0 radical (unpaired) electrons. The molecule has 2 aromatic carbocycles. The smallest absolute Gasteiger partial charge is 0.259 e. The molecule has 0 saturated heterocycles. The highest BCUT2D eigenvalue weighted by Gasteiger charge is 2.11. The van der Waals surface area contributed by atoms with Crippen LogP contribution >= 0.6 is 11.6 Å². The Hall–Kier alpha value is -2.24. The highest BCUT2D eigenvalue weighted by molar-refractivity contribution is 6.33. The second kappa shape index (κ2) is 6.68. The van der Waals surface area contributed by atoms with Crippen LogP contribution in [0.5, 0.6) is 0 Å². The second-order valence-corrected chi connectivity index (χ2v) is 5.13. The minimum atomic E-state index is -0.244. The van der Waals surface area contributed by atoms with E-state index in [1.54, 1.807) is 18.2 Å². The molecular weight excluding hydrogens is 305 g/mol. The molecule has 0 bridgehead atoms. The van der Waals surface area contributed by atoms with Crippen LogP contribution in [-0.2, 0) is 13.1 Å². The number of rotatable bonds is 5. The standard InChI is InChI=1S/C16H13ClFN3O/c17-14-4-2-1-3-13(14)16-20-15(21-22-16)10-19-9-11-5-7-12(18)8-6-11/h1-8,19H,9-10H2. The molecule has 0 saturated carbocycles. The third-order valence-electron chi connectivity index (χ3n) is 3.10. The molecule has 0 spiro atoms. The van der Waals surface area contributed by atoms with Gasteiger partial charge in [-0.1, -0.05) is 41.0 Å². The van der Waals surface area contributed by atoms with Gasteiger partial charge >= 0.3 is 0 Å². The summed E-state index contributed by atoms with van der Waals surface area (Å²) in [6.07, 6.45) is 0. The molecule has 1 aromatic heterocycles. The van der Waals surface area contributed by atoms with Crippen molar-refractivity contribution in [1.82, 2.24) is 15.5 Å². The van der Waals surface area contributed by atoms with Crippen molar-refractivity contribution < 1.29 is 8.91 Å². The summed E-state index contributed by atoms with van der Waals surface area (Å²) in [4.78, 5) is 4.30. The van der Waals surface area contributed by atoms with Gasteiger partial charge in [0, 0.05) is 6.54 Å². The van der Waals surface area contributed by atoms with Crippen LogP contribution in [0.3, 0.4) is 0 Å². The van der Waals surface area contributed by atoms with E-state index in [0.29, 0.717) is 35.4 Å². The maximum Gasteiger partial charge on any atom is 0.259 e. The number of halogens is 2. The van der Waals surface area contributed by atoms with E-state index in [4.69, 9.17) is 16.1 Å². The molecule has 112 valence electrons. The number of nitrogens with zero attached hydrogens (tertiary/aromatic N) is 2.